The molecule has 3 aliphatic heterocycles. The quantitative estimate of drug-likeness (QED) is 0.199. The Morgan fingerprint density at radius 2 is 1.39 bits per heavy atom. The van der Waals surface area contributed by atoms with E-state index in [9.17, 15) is 4.79 Å². The standard InChI is InChI=1S/C37H28Cl2N2O3/c38-25-11-7-23(8-12-25)35(24-9-13-26(39)14-10-24)40-27-15-18-33-32(21-27)37(30-6-2-1-5-29(30)36(42)44-37)31-17-16-28(22-34(31)43-33)41-19-3-4-20-41/h1-2,5-18,21-22,35,40H,3-4,19-20H2. The van der Waals surface area contributed by atoms with Crippen LogP contribution in [-0.2, 0) is 10.3 Å². The Labute approximate surface area is 266 Å². The van der Waals surface area contributed by atoms with Crippen LogP contribution in [0.2, 0.25) is 10.0 Å². The first-order valence-electron chi connectivity index (χ1n) is 14.8. The van der Waals surface area contributed by atoms with Crippen LogP contribution in [0.4, 0.5) is 11.4 Å². The average molecular weight is 620 g/mol. The van der Waals surface area contributed by atoms with Gasteiger partial charge in [-0.05, 0) is 84.6 Å². The van der Waals surface area contributed by atoms with Gasteiger partial charge in [0.05, 0.1) is 11.6 Å². The van der Waals surface area contributed by atoms with Gasteiger partial charge in [0.25, 0.3) is 0 Å². The molecule has 218 valence electrons. The van der Waals surface area contributed by atoms with E-state index < -0.39 is 5.60 Å². The van der Waals surface area contributed by atoms with E-state index in [1.807, 2.05) is 91.0 Å². The van der Waals surface area contributed by atoms with Gasteiger partial charge in [0.15, 0.2) is 5.60 Å². The molecule has 5 nitrogen and oxygen atoms in total. The van der Waals surface area contributed by atoms with Crippen LogP contribution in [0.3, 0.4) is 0 Å². The molecule has 5 aromatic rings. The van der Waals surface area contributed by atoms with Gasteiger partial charge in [-0.25, -0.2) is 4.79 Å². The van der Waals surface area contributed by atoms with Gasteiger partial charge in [0, 0.05) is 57.3 Å². The zero-order valence-corrected chi connectivity index (χ0v) is 25.2. The van der Waals surface area contributed by atoms with Gasteiger partial charge in [0.1, 0.15) is 11.5 Å². The monoisotopic (exact) mass is 618 g/mol. The maximum absolute atomic E-state index is 13.4. The van der Waals surface area contributed by atoms with Crippen LogP contribution in [0.1, 0.15) is 57.1 Å². The van der Waals surface area contributed by atoms with Crippen molar-refractivity contribution in [2.45, 2.75) is 24.5 Å². The summed E-state index contributed by atoms with van der Waals surface area (Å²) in [6.07, 6.45) is 2.36. The first kappa shape index (κ1) is 27.1. The third-order valence-electron chi connectivity index (χ3n) is 8.88. The maximum Gasteiger partial charge on any atom is 0.340 e. The van der Waals surface area contributed by atoms with Gasteiger partial charge < -0.3 is 19.7 Å². The SMILES string of the molecule is O=C1OC2(c3ccc(N4CCCC4)cc3Oc3ccc(NC(c4ccc(Cl)cc4)c4ccc(Cl)cc4)cc32)c2ccccc21. The highest BCUT2D eigenvalue weighted by Gasteiger charge is 2.53. The molecule has 44 heavy (non-hydrogen) atoms. The average Bonchev–Trinajstić information content (AvgIpc) is 3.69. The minimum absolute atomic E-state index is 0.197. The lowest BCUT2D eigenvalue weighted by Gasteiger charge is -2.37. The highest BCUT2D eigenvalue weighted by atomic mass is 35.5. The Morgan fingerprint density at radius 1 is 0.705 bits per heavy atom. The minimum atomic E-state index is -1.14. The maximum atomic E-state index is 13.4. The number of hydrogen-bond donors (Lipinski definition) is 1. The van der Waals surface area contributed by atoms with Crippen molar-refractivity contribution in [3.63, 3.8) is 0 Å². The summed E-state index contributed by atoms with van der Waals surface area (Å²) >= 11 is 12.5. The Kier molecular flexibility index (Phi) is 6.55. The van der Waals surface area contributed by atoms with Gasteiger partial charge >= 0.3 is 5.97 Å². The lowest BCUT2D eigenvalue weighted by atomic mass is 9.77. The van der Waals surface area contributed by atoms with Gasteiger partial charge in [-0.3, -0.25) is 0 Å². The second-order valence-corrected chi connectivity index (χ2v) is 12.4. The van der Waals surface area contributed by atoms with Crippen molar-refractivity contribution in [1.29, 1.82) is 0 Å². The summed E-state index contributed by atoms with van der Waals surface area (Å²) in [7, 11) is 0. The van der Waals surface area contributed by atoms with Crippen LogP contribution in [0, 0.1) is 0 Å². The summed E-state index contributed by atoms with van der Waals surface area (Å²) in [6, 6.07) is 35.3. The molecule has 0 amide bonds. The molecule has 1 N–H and O–H groups in total. The smallest absolute Gasteiger partial charge is 0.340 e. The number of rotatable bonds is 5. The number of fused-ring (bicyclic) bond motifs is 6. The van der Waals surface area contributed by atoms with Crippen molar-refractivity contribution in [2.24, 2.45) is 0 Å². The van der Waals surface area contributed by atoms with Crippen molar-refractivity contribution in [3.05, 3.63) is 153 Å². The molecule has 3 aliphatic rings. The van der Waals surface area contributed by atoms with E-state index in [2.05, 4.69) is 28.4 Å². The number of esters is 1. The highest BCUT2D eigenvalue weighted by Crippen LogP contribution is 2.57. The normalized spacial score (nSPS) is 18.1. The molecular formula is C37H28Cl2N2O3. The van der Waals surface area contributed by atoms with Crippen LogP contribution >= 0.6 is 23.2 Å². The molecule has 8 rings (SSSR count). The number of anilines is 2. The largest absolute Gasteiger partial charge is 0.456 e. The summed E-state index contributed by atoms with van der Waals surface area (Å²) in [5.74, 6) is 1.01. The van der Waals surface area contributed by atoms with Crippen molar-refractivity contribution in [1.82, 2.24) is 0 Å². The zero-order chi connectivity index (χ0) is 29.8. The topological polar surface area (TPSA) is 50.8 Å². The molecular weight excluding hydrogens is 591 g/mol. The number of carbonyl (C=O) groups is 1. The second kappa shape index (κ2) is 10.6. The van der Waals surface area contributed by atoms with Crippen LogP contribution in [0.25, 0.3) is 0 Å². The van der Waals surface area contributed by atoms with E-state index in [1.54, 1.807) is 0 Å². The van der Waals surface area contributed by atoms with Crippen molar-refractivity contribution >= 4 is 40.5 Å². The predicted molar refractivity (Wildman–Crippen MR) is 175 cm³/mol. The lowest BCUT2D eigenvalue weighted by Crippen LogP contribution is -2.33. The third kappa shape index (κ3) is 4.42. The molecule has 0 aliphatic carbocycles. The van der Waals surface area contributed by atoms with E-state index in [4.69, 9.17) is 32.7 Å². The van der Waals surface area contributed by atoms with Crippen LogP contribution < -0.4 is 15.0 Å². The van der Waals surface area contributed by atoms with E-state index in [-0.39, 0.29) is 12.0 Å². The van der Waals surface area contributed by atoms with Gasteiger partial charge in [-0.15, -0.1) is 0 Å². The number of nitrogens with one attached hydrogen (secondary N) is 1. The highest BCUT2D eigenvalue weighted by molar-refractivity contribution is 6.30. The molecule has 1 atom stereocenters. The van der Waals surface area contributed by atoms with E-state index in [1.165, 1.54) is 12.8 Å². The van der Waals surface area contributed by atoms with E-state index in [0.29, 0.717) is 27.1 Å². The Bertz CT molecular complexity index is 1860. The summed E-state index contributed by atoms with van der Waals surface area (Å²) in [5, 5.41) is 5.07. The zero-order valence-electron chi connectivity index (χ0n) is 23.7. The molecule has 7 heteroatoms. The fourth-order valence-electron chi connectivity index (χ4n) is 6.76. The molecule has 3 heterocycles. The molecule has 1 fully saturated rings. The molecule has 5 aromatic carbocycles. The number of benzene rings is 5. The predicted octanol–water partition coefficient (Wildman–Crippen LogP) is 9.36. The third-order valence-corrected chi connectivity index (χ3v) is 9.39. The van der Waals surface area contributed by atoms with Gasteiger partial charge in [-0.2, -0.15) is 0 Å². The van der Waals surface area contributed by atoms with Crippen molar-refractivity contribution in [2.75, 3.05) is 23.3 Å². The van der Waals surface area contributed by atoms with Crippen LogP contribution in [0.5, 0.6) is 11.5 Å². The van der Waals surface area contributed by atoms with Gasteiger partial charge in [0.2, 0.25) is 0 Å². The number of carbonyl (C=O) groups excluding carboxylic acids is 1. The van der Waals surface area contributed by atoms with Gasteiger partial charge in [-0.1, -0.05) is 65.7 Å². The lowest BCUT2D eigenvalue weighted by molar-refractivity contribution is 0.0224. The Balaban J connectivity index is 1.26. The summed E-state index contributed by atoms with van der Waals surface area (Å²) in [5.41, 5.74) is 5.86. The molecule has 0 bridgehead atoms. The van der Waals surface area contributed by atoms with Crippen LogP contribution in [0.15, 0.2) is 109 Å². The summed E-state index contributed by atoms with van der Waals surface area (Å²) < 4.78 is 13.0. The molecule has 0 saturated carbocycles. The number of halogens is 2. The second-order valence-electron chi connectivity index (χ2n) is 11.5. The summed E-state index contributed by atoms with van der Waals surface area (Å²) in [4.78, 5) is 15.8. The Morgan fingerprint density at radius 3 is 2.09 bits per heavy atom. The first-order chi connectivity index (χ1) is 21.5. The molecule has 0 radical (unpaired) electrons. The first-order valence-corrected chi connectivity index (χ1v) is 15.6. The van der Waals surface area contributed by atoms with Crippen LogP contribution in [-0.4, -0.2) is 19.1 Å². The number of nitrogens with zero attached hydrogens (tertiary/aromatic N) is 1. The van der Waals surface area contributed by atoms with Crippen molar-refractivity contribution in [3.8, 4) is 11.5 Å². The number of hydrogen-bond acceptors (Lipinski definition) is 5. The van der Waals surface area contributed by atoms with E-state index in [0.717, 1.165) is 52.3 Å². The number of ether oxygens (including phenoxy) is 2. The molecule has 1 spiro atoms. The fraction of sp³-hybridized carbons (Fsp3) is 0.162. The minimum Gasteiger partial charge on any atom is -0.456 e. The molecule has 0 aromatic heterocycles. The summed E-state index contributed by atoms with van der Waals surface area (Å²) in [6.45, 7) is 2.05. The van der Waals surface area contributed by atoms with Crippen molar-refractivity contribution < 1.29 is 14.3 Å². The molecule has 1 saturated heterocycles. The fourth-order valence-corrected chi connectivity index (χ4v) is 7.01. The Hall–Kier alpha value is -4.45. The van der Waals surface area contributed by atoms with E-state index >= 15 is 0 Å². The molecule has 1 unspecified atom stereocenters.